The van der Waals surface area contributed by atoms with E-state index in [2.05, 4.69) is 5.32 Å². The Hall–Kier alpha value is -2.29. The van der Waals surface area contributed by atoms with E-state index in [1.807, 2.05) is 0 Å². The van der Waals surface area contributed by atoms with Crippen molar-refractivity contribution in [2.75, 3.05) is 25.0 Å². The molecule has 2 heterocycles. The van der Waals surface area contributed by atoms with Gasteiger partial charge >= 0.3 is 5.97 Å². The van der Waals surface area contributed by atoms with Gasteiger partial charge in [-0.15, -0.1) is 0 Å². The molecule has 4 rings (SSSR count). The summed E-state index contributed by atoms with van der Waals surface area (Å²) in [5.41, 5.74) is 0.423. The number of anilines is 1. The quantitative estimate of drug-likeness (QED) is 0.669. The highest BCUT2D eigenvalue weighted by Crippen LogP contribution is 2.34. The Morgan fingerprint density at radius 2 is 1.80 bits per heavy atom. The molecule has 1 atom stereocenters. The smallest absolute Gasteiger partial charge is 0.328 e. The third-order valence-electron chi connectivity index (χ3n) is 5.21. The van der Waals surface area contributed by atoms with Gasteiger partial charge in [-0.1, -0.05) is 18.0 Å². The zero-order valence-electron chi connectivity index (χ0n) is 16.3. The molecular formula is C21H23ClN2O5S. The topological polar surface area (TPSA) is 84.9 Å². The zero-order chi connectivity index (χ0) is 21.1. The molecule has 7 nitrogen and oxygen atoms in total. The molecule has 0 unspecified atom stereocenters. The molecule has 2 aromatic rings. The van der Waals surface area contributed by atoms with Gasteiger partial charge in [-0.2, -0.15) is 4.31 Å². The minimum absolute atomic E-state index is 0.168. The predicted octanol–water partition coefficient (Wildman–Crippen LogP) is 4.03. The van der Waals surface area contributed by atoms with Crippen LogP contribution in [0.1, 0.15) is 25.7 Å². The Morgan fingerprint density at radius 3 is 2.47 bits per heavy atom. The largest absolute Gasteiger partial charge is 0.464 e. The van der Waals surface area contributed by atoms with Gasteiger partial charge in [0.25, 0.3) is 0 Å². The zero-order valence-corrected chi connectivity index (χ0v) is 17.9. The lowest BCUT2D eigenvalue weighted by Gasteiger charge is -2.26. The second-order valence-corrected chi connectivity index (χ2v) is 9.71. The van der Waals surface area contributed by atoms with Gasteiger partial charge in [0, 0.05) is 24.5 Å². The average molecular weight is 451 g/mol. The van der Waals surface area contributed by atoms with Crippen LogP contribution in [0.2, 0.25) is 5.02 Å². The lowest BCUT2D eigenvalue weighted by Crippen LogP contribution is -2.35. The maximum absolute atomic E-state index is 13.1. The van der Waals surface area contributed by atoms with Crippen molar-refractivity contribution in [2.24, 2.45) is 0 Å². The number of cyclic esters (lactones) is 1. The summed E-state index contributed by atoms with van der Waals surface area (Å²) in [6.07, 6.45) is 3.25. The number of nitrogens with zero attached hydrogens (tertiary/aromatic N) is 1. The van der Waals surface area contributed by atoms with E-state index in [1.165, 1.54) is 16.4 Å². The van der Waals surface area contributed by atoms with Crippen LogP contribution in [0, 0.1) is 0 Å². The SMILES string of the molecule is O=C1OCC[C@H]1Nc1cc(S(=O)(=O)N2CCCCC2)ccc1Oc1ccc(Cl)cc1. The number of rotatable bonds is 6. The van der Waals surface area contributed by atoms with Gasteiger partial charge in [-0.3, -0.25) is 0 Å². The van der Waals surface area contributed by atoms with E-state index in [9.17, 15) is 13.2 Å². The number of esters is 1. The van der Waals surface area contributed by atoms with Crippen molar-refractivity contribution in [3.8, 4) is 11.5 Å². The van der Waals surface area contributed by atoms with E-state index in [0.29, 0.717) is 48.3 Å². The van der Waals surface area contributed by atoms with E-state index in [1.54, 1.807) is 30.3 Å². The van der Waals surface area contributed by atoms with E-state index in [4.69, 9.17) is 21.1 Å². The summed E-state index contributed by atoms with van der Waals surface area (Å²) in [4.78, 5) is 12.1. The fourth-order valence-corrected chi connectivity index (χ4v) is 5.24. The summed E-state index contributed by atoms with van der Waals surface area (Å²) in [6.45, 7) is 1.36. The number of carbonyl (C=O) groups is 1. The molecule has 9 heteroatoms. The first kappa shape index (κ1) is 21.0. The highest BCUT2D eigenvalue weighted by Gasteiger charge is 2.30. The van der Waals surface area contributed by atoms with Crippen LogP contribution in [0.5, 0.6) is 11.5 Å². The number of carbonyl (C=O) groups excluding carboxylic acids is 1. The summed E-state index contributed by atoms with van der Waals surface area (Å²) < 4.78 is 38.7. The number of ether oxygens (including phenoxy) is 2. The van der Waals surface area contributed by atoms with Crippen molar-refractivity contribution in [2.45, 2.75) is 36.6 Å². The summed E-state index contributed by atoms with van der Waals surface area (Å²) in [6, 6.07) is 11.0. The number of piperidine rings is 1. The molecule has 1 N–H and O–H groups in total. The van der Waals surface area contributed by atoms with Gasteiger partial charge in [-0.05, 0) is 55.3 Å². The fraction of sp³-hybridized carbons (Fsp3) is 0.381. The highest BCUT2D eigenvalue weighted by atomic mass is 35.5. The lowest BCUT2D eigenvalue weighted by atomic mass is 10.2. The van der Waals surface area contributed by atoms with E-state index >= 15 is 0 Å². The molecule has 0 spiro atoms. The molecule has 0 aromatic heterocycles. The van der Waals surface area contributed by atoms with Crippen LogP contribution in [-0.2, 0) is 19.6 Å². The number of sulfonamides is 1. The van der Waals surface area contributed by atoms with Crippen LogP contribution in [0.4, 0.5) is 5.69 Å². The molecular weight excluding hydrogens is 428 g/mol. The monoisotopic (exact) mass is 450 g/mol. The standard InChI is InChI=1S/C21H23ClN2O5S/c22-15-4-6-16(7-5-15)29-20-9-8-17(30(26,27)24-11-2-1-3-12-24)14-19(20)23-18-10-13-28-21(18)25/h4-9,14,18,23H,1-3,10-13H2/t18-/m1/s1. The van der Waals surface area contributed by atoms with Gasteiger partial charge in [0.05, 0.1) is 17.2 Å². The van der Waals surface area contributed by atoms with Crippen LogP contribution in [0.3, 0.4) is 0 Å². The molecule has 2 aliphatic heterocycles. The molecule has 2 aliphatic rings. The first-order valence-corrected chi connectivity index (χ1v) is 11.8. The van der Waals surface area contributed by atoms with Crippen molar-refractivity contribution in [3.05, 3.63) is 47.5 Å². The molecule has 2 fully saturated rings. The molecule has 2 aromatic carbocycles. The maximum Gasteiger partial charge on any atom is 0.328 e. The third-order valence-corrected chi connectivity index (χ3v) is 7.36. The van der Waals surface area contributed by atoms with Crippen molar-refractivity contribution < 1.29 is 22.7 Å². The molecule has 2 saturated heterocycles. The molecule has 30 heavy (non-hydrogen) atoms. The molecule has 0 aliphatic carbocycles. The Kier molecular flexibility index (Phi) is 6.17. The molecule has 0 radical (unpaired) electrons. The fourth-order valence-electron chi connectivity index (χ4n) is 3.57. The summed E-state index contributed by atoms with van der Waals surface area (Å²) in [5.74, 6) is 0.592. The third kappa shape index (κ3) is 4.55. The van der Waals surface area contributed by atoms with E-state index in [0.717, 1.165) is 19.3 Å². The Balaban J connectivity index is 1.66. The van der Waals surface area contributed by atoms with Crippen LogP contribution < -0.4 is 10.1 Å². The number of hydrogen-bond donors (Lipinski definition) is 1. The summed E-state index contributed by atoms with van der Waals surface area (Å²) in [5, 5.41) is 3.68. The summed E-state index contributed by atoms with van der Waals surface area (Å²) >= 11 is 5.93. The van der Waals surface area contributed by atoms with Gasteiger partial charge in [-0.25, -0.2) is 13.2 Å². The molecule has 0 bridgehead atoms. The van der Waals surface area contributed by atoms with Gasteiger partial charge in [0.15, 0.2) is 5.75 Å². The Bertz CT molecular complexity index is 1020. The average Bonchev–Trinajstić information content (AvgIpc) is 3.16. The number of nitrogens with one attached hydrogen (secondary N) is 1. The predicted molar refractivity (Wildman–Crippen MR) is 114 cm³/mol. The second kappa shape index (κ2) is 8.83. The van der Waals surface area contributed by atoms with Crippen molar-refractivity contribution >= 4 is 33.3 Å². The second-order valence-electron chi connectivity index (χ2n) is 7.33. The van der Waals surface area contributed by atoms with E-state index in [-0.39, 0.29) is 10.9 Å². The van der Waals surface area contributed by atoms with Crippen LogP contribution in [0.25, 0.3) is 0 Å². The maximum atomic E-state index is 13.1. The minimum Gasteiger partial charge on any atom is -0.464 e. The van der Waals surface area contributed by atoms with E-state index < -0.39 is 16.1 Å². The molecule has 160 valence electrons. The van der Waals surface area contributed by atoms with Gasteiger partial charge in [0.1, 0.15) is 11.8 Å². The molecule has 0 amide bonds. The first-order chi connectivity index (χ1) is 14.4. The van der Waals surface area contributed by atoms with Crippen molar-refractivity contribution in [1.82, 2.24) is 4.31 Å². The normalized spacial score (nSPS) is 20.0. The Morgan fingerprint density at radius 1 is 1.07 bits per heavy atom. The molecule has 0 saturated carbocycles. The summed E-state index contributed by atoms with van der Waals surface area (Å²) in [7, 11) is -3.62. The Labute approximate surface area is 181 Å². The minimum atomic E-state index is -3.62. The van der Waals surface area contributed by atoms with Crippen LogP contribution >= 0.6 is 11.6 Å². The lowest BCUT2D eigenvalue weighted by molar-refractivity contribution is -0.138. The van der Waals surface area contributed by atoms with Crippen LogP contribution in [0.15, 0.2) is 47.4 Å². The van der Waals surface area contributed by atoms with Gasteiger partial charge in [0.2, 0.25) is 10.0 Å². The number of benzene rings is 2. The van der Waals surface area contributed by atoms with Gasteiger partial charge < -0.3 is 14.8 Å². The number of halogens is 1. The van der Waals surface area contributed by atoms with Crippen molar-refractivity contribution in [1.29, 1.82) is 0 Å². The number of hydrogen-bond acceptors (Lipinski definition) is 6. The van der Waals surface area contributed by atoms with Crippen LogP contribution in [-0.4, -0.2) is 44.4 Å². The first-order valence-electron chi connectivity index (χ1n) is 9.94. The van der Waals surface area contributed by atoms with Crippen molar-refractivity contribution in [3.63, 3.8) is 0 Å². The highest BCUT2D eigenvalue weighted by molar-refractivity contribution is 7.89.